The summed E-state index contributed by atoms with van der Waals surface area (Å²) in [6.07, 6.45) is 1.44. The van der Waals surface area contributed by atoms with E-state index < -0.39 is 5.82 Å². The van der Waals surface area contributed by atoms with E-state index in [1.165, 1.54) is 21.8 Å². The molecule has 1 heterocycles. The van der Waals surface area contributed by atoms with E-state index in [0.29, 0.717) is 18.8 Å². The third-order valence-corrected chi connectivity index (χ3v) is 3.07. The van der Waals surface area contributed by atoms with Crippen LogP contribution in [-0.4, -0.2) is 22.2 Å². The summed E-state index contributed by atoms with van der Waals surface area (Å²) in [5.74, 6) is -0.793. The average Bonchev–Trinajstić information content (AvgIpc) is 2.82. The van der Waals surface area contributed by atoms with Crippen LogP contribution in [0.1, 0.15) is 24.3 Å². The number of nitrogen functional groups attached to an aromatic ring is 1. The van der Waals surface area contributed by atoms with Crippen molar-refractivity contribution in [3.63, 3.8) is 0 Å². The van der Waals surface area contributed by atoms with E-state index in [9.17, 15) is 9.18 Å². The first-order valence-electron chi connectivity index (χ1n) is 6.47. The Hall–Kier alpha value is -2.37. The lowest BCUT2D eigenvalue weighted by molar-refractivity contribution is 0.0978. The average molecular weight is 276 g/mol. The molecule has 1 aromatic carbocycles. The summed E-state index contributed by atoms with van der Waals surface area (Å²) < 4.78 is 15.4. The molecule has 2 rings (SSSR count). The van der Waals surface area contributed by atoms with Gasteiger partial charge >= 0.3 is 0 Å². The van der Waals surface area contributed by atoms with E-state index in [1.54, 1.807) is 25.1 Å². The van der Waals surface area contributed by atoms with Gasteiger partial charge in [-0.2, -0.15) is 5.10 Å². The smallest absolute Gasteiger partial charge is 0.278 e. The van der Waals surface area contributed by atoms with Crippen molar-refractivity contribution in [2.75, 3.05) is 17.2 Å². The van der Waals surface area contributed by atoms with E-state index in [-0.39, 0.29) is 17.3 Å². The van der Waals surface area contributed by atoms with Crippen molar-refractivity contribution in [2.24, 2.45) is 0 Å². The van der Waals surface area contributed by atoms with E-state index in [4.69, 9.17) is 5.73 Å². The van der Waals surface area contributed by atoms with Gasteiger partial charge < -0.3 is 10.6 Å². The molecular formula is C14H17FN4O. The highest BCUT2D eigenvalue weighted by Crippen LogP contribution is 2.22. The van der Waals surface area contributed by atoms with Crippen molar-refractivity contribution in [3.8, 4) is 0 Å². The summed E-state index contributed by atoms with van der Waals surface area (Å²) in [5.41, 5.74) is 6.63. The molecule has 0 aliphatic heterocycles. The van der Waals surface area contributed by atoms with Gasteiger partial charge in [0.2, 0.25) is 0 Å². The first-order valence-corrected chi connectivity index (χ1v) is 6.47. The monoisotopic (exact) mass is 276 g/mol. The molecule has 0 saturated heterocycles. The van der Waals surface area contributed by atoms with Crippen molar-refractivity contribution in [1.82, 2.24) is 9.78 Å². The molecule has 0 atom stereocenters. The van der Waals surface area contributed by atoms with Gasteiger partial charge in [-0.1, -0.05) is 12.1 Å². The predicted octanol–water partition coefficient (Wildman–Crippen LogP) is 2.29. The highest BCUT2D eigenvalue weighted by Gasteiger charge is 2.24. The summed E-state index contributed by atoms with van der Waals surface area (Å²) >= 11 is 0. The highest BCUT2D eigenvalue weighted by molar-refractivity contribution is 6.08. The molecule has 0 radical (unpaired) electrons. The fraction of sp³-hybridized carbons (Fsp3) is 0.286. The second-order valence-corrected chi connectivity index (χ2v) is 4.27. The first kappa shape index (κ1) is 14.0. The Morgan fingerprint density at radius 1 is 1.40 bits per heavy atom. The van der Waals surface area contributed by atoms with Gasteiger partial charge in [-0.15, -0.1) is 0 Å². The normalized spacial score (nSPS) is 10.6. The number of hydrogen-bond donors (Lipinski definition) is 1. The molecule has 0 aliphatic rings. The second-order valence-electron chi connectivity index (χ2n) is 4.27. The summed E-state index contributed by atoms with van der Waals surface area (Å²) in [4.78, 5) is 14.0. The first-order chi connectivity index (χ1) is 9.60. The number of amides is 1. The Morgan fingerprint density at radius 3 is 2.70 bits per heavy atom. The number of rotatable bonds is 4. The summed E-state index contributed by atoms with van der Waals surface area (Å²) in [6.45, 7) is 4.51. The minimum absolute atomic E-state index is 0.239. The van der Waals surface area contributed by atoms with Crippen LogP contribution in [0, 0.1) is 5.82 Å². The molecule has 0 aliphatic carbocycles. The second kappa shape index (κ2) is 5.73. The van der Waals surface area contributed by atoms with Crippen LogP contribution in [0.3, 0.4) is 0 Å². The number of para-hydroxylation sites is 1. The van der Waals surface area contributed by atoms with Crippen molar-refractivity contribution < 1.29 is 9.18 Å². The van der Waals surface area contributed by atoms with Crippen LogP contribution in [0.4, 0.5) is 15.8 Å². The molecule has 2 N–H and O–H groups in total. The largest absolute Gasteiger partial charge is 0.396 e. The number of aromatic nitrogens is 2. The van der Waals surface area contributed by atoms with Crippen LogP contribution in [0.15, 0.2) is 30.5 Å². The lowest BCUT2D eigenvalue weighted by atomic mass is 10.2. The van der Waals surface area contributed by atoms with Gasteiger partial charge in [0.1, 0.15) is 11.5 Å². The van der Waals surface area contributed by atoms with Crippen LogP contribution in [0.25, 0.3) is 0 Å². The third-order valence-electron chi connectivity index (χ3n) is 3.07. The van der Waals surface area contributed by atoms with Gasteiger partial charge in [0, 0.05) is 13.1 Å². The van der Waals surface area contributed by atoms with Crippen molar-refractivity contribution in [2.45, 2.75) is 20.4 Å². The molecular weight excluding hydrogens is 259 g/mol. The zero-order valence-electron chi connectivity index (χ0n) is 11.5. The Morgan fingerprint density at radius 2 is 2.10 bits per heavy atom. The minimum Gasteiger partial charge on any atom is -0.396 e. The molecule has 20 heavy (non-hydrogen) atoms. The molecule has 1 amide bonds. The number of carbonyl (C=O) groups excluding carboxylic acids is 1. The van der Waals surface area contributed by atoms with Crippen molar-refractivity contribution in [3.05, 3.63) is 42.0 Å². The fourth-order valence-corrected chi connectivity index (χ4v) is 2.10. The van der Waals surface area contributed by atoms with E-state index >= 15 is 0 Å². The molecule has 0 bridgehead atoms. The Labute approximate surface area is 116 Å². The SMILES string of the molecule is CCN(C(=O)c1c(N)cnn1CC)c1ccccc1F. The van der Waals surface area contributed by atoms with Gasteiger partial charge in [-0.05, 0) is 26.0 Å². The molecule has 2 aromatic rings. The number of nitrogens with two attached hydrogens (primary N) is 1. The van der Waals surface area contributed by atoms with Gasteiger partial charge in [-0.3, -0.25) is 9.48 Å². The molecule has 5 nitrogen and oxygen atoms in total. The minimum atomic E-state index is -0.441. The van der Waals surface area contributed by atoms with Crippen LogP contribution in [0.5, 0.6) is 0 Å². The lowest BCUT2D eigenvalue weighted by Gasteiger charge is -2.22. The van der Waals surface area contributed by atoms with Gasteiger partial charge in [0.05, 0.1) is 17.6 Å². The summed E-state index contributed by atoms with van der Waals surface area (Å²) in [5, 5.41) is 4.04. The maximum absolute atomic E-state index is 13.9. The number of hydrogen-bond acceptors (Lipinski definition) is 3. The van der Waals surface area contributed by atoms with Crippen LogP contribution in [0.2, 0.25) is 0 Å². The fourth-order valence-electron chi connectivity index (χ4n) is 2.10. The molecule has 1 aromatic heterocycles. The molecule has 0 unspecified atom stereocenters. The molecule has 0 spiro atoms. The van der Waals surface area contributed by atoms with Crippen LogP contribution >= 0.6 is 0 Å². The zero-order chi connectivity index (χ0) is 14.7. The van der Waals surface area contributed by atoms with Crippen molar-refractivity contribution in [1.29, 1.82) is 0 Å². The quantitative estimate of drug-likeness (QED) is 0.931. The number of nitrogens with zero attached hydrogens (tertiary/aromatic N) is 3. The predicted molar refractivity (Wildman–Crippen MR) is 76.1 cm³/mol. The maximum Gasteiger partial charge on any atom is 0.278 e. The number of benzene rings is 1. The zero-order valence-corrected chi connectivity index (χ0v) is 11.5. The molecule has 106 valence electrons. The van der Waals surface area contributed by atoms with Crippen molar-refractivity contribution >= 4 is 17.3 Å². The number of aryl methyl sites for hydroxylation is 1. The lowest BCUT2D eigenvalue weighted by Crippen LogP contribution is -2.33. The Balaban J connectivity index is 2.45. The van der Waals surface area contributed by atoms with Gasteiger partial charge in [0.25, 0.3) is 5.91 Å². The summed E-state index contributed by atoms with van der Waals surface area (Å²) in [6, 6.07) is 6.17. The maximum atomic E-state index is 13.9. The summed E-state index contributed by atoms with van der Waals surface area (Å²) in [7, 11) is 0. The highest BCUT2D eigenvalue weighted by atomic mass is 19.1. The van der Waals surface area contributed by atoms with E-state index in [2.05, 4.69) is 5.10 Å². The standard InChI is InChI=1S/C14H17FN4O/c1-3-18(12-8-6-5-7-10(12)15)14(20)13-11(16)9-17-19(13)4-2/h5-9H,3-4,16H2,1-2H3. The van der Waals surface area contributed by atoms with E-state index in [1.807, 2.05) is 6.92 Å². The van der Waals surface area contributed by atoms with Crippen LogP contribution < -0.4 is 10.6 Å². The topological polar surface area (TPSA) is 64.2 Å². The van der Waals surface area contributed by atoms with Gasteiger partial charge in [0.15, 0.2) is 0 Å². The number of anilines is 2. The van der Waals surface area contributed by atoms with Gasteiger partial charge in [-0.25, -0.2) is 4.39 Å². The third kappa shape index (κ3) is 2.36. The van der Waals surface area contributed by atoms with Crippen LogP contribution in [-0.2, 0) is 6.54 Å². The van der Waals surface area contributed by atoms with E-state index in [0.717, 1.165) is 0 Å². The molecule has 6 heteroatoms. The number of carbonyl (C=O) groups is 1. The molecule has 0 fully saturated rings. The Kier molecular flexibility index (Phi) is 4.02. The molecule has 0 saturated carbocycles. The Bertz CT molecular complexity index is 623. The number of halogens is 1.